The molecule has 2 N–H and O–H groups in total. The largest absolute Gasteiger partial charge is 0.344 e. The molecule has 0 aliphatic carbocycles. The number of unbranched alkanes of at least 4 members (excludes halogenated alkanes) is 2. The molecule has 2 rings (SSSR count). The first-order valence-electron chi connectivity index (χ1n) is 9.64. The molecule has 0 saturated heterocycles. The molecule has 2 atom stereocenters. The van der Waals surface area contributed by atoms with Crippen molar-refractivity contribution in [3.8, 4) is 10.6 Å². The summed E-state index contributed by atoms with van der Waals surface area (Å²) in [4.78, 5) is 25.0. The topological polar surface area (TPSA) is 84.0 Å². The maximum atomic E-state index is 12.8. The summed E-state index contributed by atoms with van der Waals surface area (Å²) in [6.45, 7) is 6.04. The highest BCUT2D eigenvalue weighted by Crippen LogP contribution is 2.28. The van der Waals surface area contributed by atoms with Gasteiger partial charge < -0.3 is 5.32 Å². The quantitative estimate of drug-likeness (QED) is 0.533. The number of hydrogen-bond donors (Lipinski definition) is 2. The van der Waals surface area contributed by atoms with Crippen LogP contribution in [0.5, 0.6) is 0 Å². The molecule has 0 aliphatic rings. The first kappa shape index (κ1) is 22.3. The van der Waals surface area contributed by atoms with E-state index in [1.54, 1.807) is 12.1 Å². The standard InChI is InChI=1S/C20H27ClN4O2S/c1-4-6-7-11-16(26)22-17(13(3)5-2)18(27)23-20-25-24-19(28-20)14-9-8-10-15(21)12-14/h8-10,12-13,17H,4-7,11H2,1-3H3,(H,22,26)(H,23,25,27). The molecule has 2 amide bonds. The van der Waals surface area contributed by atoms with Gasteiger partial charge >= 0.3 is 0 Å². The maximum Gasteiger partial charge on any atom is 0.249 e. The molecule has 2 aromatic rings. The Morgan fingerprint density at radius 3 is 2.68 bits per heavy atom. The maximum absolute atomic E-state index is 12.8. The Kier molecular flexibility index (Phi) is 8.86. The van der Waals surface area contributed by atoms with Gasteiger partial charge in [0.25, 0.3) is 0 Å². The van der Waals surface area contributed by atoms with Crippen molar-refractivity contribution < 1.29 is 9.59 Å². The van der Waals surface area contributed by atoms with Crippen LogP contribution in [-0.4, -0.2) is 28.1 Å². The molecule has 0 spiro atoms. The molecule has 0 fully saturated rings. The Morgan fingerprint density at radius 1 is 1.21 bits per heavy atom. The SMILES string of the molecule is CCCCCC(=O)NC(C(=O)Nc1nnc(-c2cccc(Cl)c2)s1)C(C)CC. The van der Waals surface area contributed by atoms with Gasteiger partial charge in [0.1, 0.15) is 11.0 Å². The number of amides is 2. The van der Waals surface area contributed by atoms with Crippen LogP contribution in [0, 0.1) is 5.92 Å². The molecule has 8 heteroatoms. The van der Waals surface area contributed by atoms with Crippen LogP contribution in [0.2, 0.25) is 5.02 Å². The number of aromatic nitrogens is 2. The van der Waals surface area contributed by atoms with Crippen molar-refractivity contribution in [3.05, 3.63) is 29.3 Å². The zero-order chi connectivity index (χ0) is 20.5. The van der Waals surface area contributed by atoms with E-state index in [2.05, 4.69) is 27.8 Å². The molecule has 152 valence electrons. The summed E-state index contributed by atoms with van der Waals surface area (Å²) >= 11 is 7.29. The van der Waals surface area contributed by atoms with Gasteiger partial charge in [0.15, 0.2) is 0 Å². The van der Waals surface area contributed by atoms with E-state index in [1.807, 2.05) is 26.0 Å². The molecule has 1 heterocycles. The van der Waals surface area contributed by atoms with E-state index in [4.69, 9.17) is 11.6 Å². The van der Waals surface area contributed by atoms with E-state index in [9.17, 15) is 9.59 Å². The Labute approximate surface area is 175 Å². The summed E-state index contributed by atoms with van der Waals surface area (Å²) in [5, 5.41) is 15.5. The Morgan fingerprint density at radius 2 is 2.00 bits per heavy atom. The molecule has 0 aliphatic heterocycles. The molecule has 0 radical (unpaired) electrons. The number of carbonyl (C=O) groups excluding carboxylic acids is 2. The Balaban J connectivity index is 2.03. The molecule has 1 aromatic heterocycles. The van der Waals surface area contributed by atoms with Crippen molar-refractivity contribution in [3.63, 3.8) is 0 Å². The normalized spacial score (nSPS) is 13.0. The zero-order valence-electron chi connectivity index (χ0n) is 16.5. The summed E-state index contributed by atoms with van der Waals surface area (Å²) in [7, 11) is 0. The van der Waals surface area contributed by atoms with Crippen LogP contribution >= 0.6 is 22.9 Å². The fourth-order valence-corrected chi connectivity index (χ4v) is 3.61. The lowest BCUT2D eigenvalue weighted by molar-refractivity contribution is -0.127. The molecular weight excluding hydrogens is 396 g/mol. The zero-order valence-corrected chi connectivity index (χ0v) is 18.1. The highest BCUT2D eigenvalue weighted by Gasteiger charge is 2.26. The second-order valence-electron chi connectivity index (χ2n) is 6.80. The Bertz CT molecular complexity index is 796. The van der Waals surface area contributed by atoms with Gasteiger partial charge in [-0.05, 0) is 24.5 Å². The first-order valence-corrected chi connectivity index (χ1v) is 10.8. The van der Waals surface area contributed by atoms with Gasteiger partial charge in [-0.25, -0.2) is 0 Å². The number of nitrogens with one attached hydrogen (secondary N) is 2. The summed E-state index contributed by atoms with van der Waals surface area (Å²) in [5.74, 6) is -0.354. The third-order valence-electron chi connectivity index (χ3n) is 4.55. The van der Waals surface area contributed by atoms with E-state index in [-0.39, 0.29) is 17.7 Å². The lowest BCUT2D eigenvalue weighted by atomic mass is 9.98. The molecular formula is C20H27ClN4O2S. The second kappa shape index (κ2) is 11.1. The molecule has 2 unspecified atom stereocenters. The van der Waals surface area contributed by atoms with Crippen LogP contribution in [-0.2, 0) is 9.59 Å². The lowest BCUT2D eigenvalue weighted by Gasteiger charge is -2.23. The monoisotopic (exact) mass is 422 g/mol. The smallest absolute Gasteiger partial charge is 0.249 e. The van der Waals surface area contributed by atoms with Crippen LogP contribution in [0.3, 0.4) is 0 Å². The van der Waals surface area contributed by atoms with Crippen LogP contribution in [0.4, 0.5) is 5.13 Å². The van der Waals surface area contributed by atoms with Crippen molar-refractivity contribution in [1.82, 2.24) is 15.5 Å². The van der Waals surface area contributed by atoms with Gasteiger partial charge in [-0.15, -0.1) is 10.2 Å². The van der Waals surface area contributed by atoms with Crippen LogP contribution in [0.1, 0.15) is 52.9 Å². The van der Waals surface area contributed by atoms with Gasteiger partial charge in [-0.1, -0.05) is 75.1 Å². The number of anilines is 1. The number of rotatable bonds is 10. The van der Waals surface area contributed by atoms with Gasteiger partial charge in [0.2, 0.25) is 16.9 Å². The third-order valence-corrected chi connectivity index (χ3v) is 5.67. The van der Waals surface area contributed by atoms with Crippen molar-refractivity contribution >= 4 is 39.9 Å². The molecule has 0 saturated carbocycles. The van der Waals surface area contributed by atoms with E-state index >= 15 is 0 Å². The van der Waals surface area contributed by atoms with Gasteiger partial charge in [0.05, 0.1) is 0 Å². The number of nitrogens with zero attached hydrogens (tertiary/aromatic N) is 2. The number of benzene rings is 1. The van der Waals surface area contributed by atoms with Gasteiger partial charge in [-0.2, -0.15) is 0 Å². The van der Waals surface area contributed by atoms with Crippen LogP contribution < -0.4 is 10.6 Å². The van der Waals surface area contributed by atoms with E-state index in [1.165, 1.54) is 11.3 Å². The Hall–Kier alpha value is -1.99. The predicted octanol–water partition coefficient (Wildman–Crippen LogP) is 4.91. The summed E-state index contributed by atoms with van der Waals surface area (Å²) in [6.07, 6.45) is 4.10. The van der Waals surface area contributed by atoms with Gasteiger partial charge in [0, 0.05) is 17.0 Å². The van der Waals surface area contributed by atoms with Crippen molar-refractivity contribution in [2.24, 2.45) is 5.92 Å². The lowest BCUT2D eigenvalue weighted by Crippen LogP contribution is -2.47. The van der Waals surface area contributed by atoms with Crippen LogP contribution in [0.15, 0.2) is 24.3 Å². The molecule has 1 aromatic carbocycles. The average molecular weight is 423 g/mol. The van der Waals surface area contributed by atoms with Crippen molar-refractivity contribution in [2.75, 3.05) is 5.32 Å². The summed E-state index contributed by atoms with van der Waals surface area (Å²) in [6, 6.07) is 6.71. The highest BCUT2D eigenvalue weighted by molar-refractivity contribution is 7.18. The number of halogens is 1. The van der Waals surface area contributed by atoms with Crippen molar-refractivity contribution in [2.45, 2.75) is 58.9 Å². The highest BCUT2D eigenvalue weighted by atomic mass is 35.5. The molecule has 28 heavy (non-hydrogen) atoms. The minimum Gasteiger partial charge on any atom is -0.344 e. The fraction of sp³-hybridized carbons (Fsp3) is 0.500. The minimum absolute atomic E-state index is 0.00967. The number of hydrogen-bond acceptors (Lipinski definition) is 5. The third kappa shape index (κ3) is 6.56. The molecule has 0 bridgehead atoms. The van der Waals surface area contributed by atoms with Crippen molar-refractivity contribution in [1.29, 1.82) is 0 Å². The predicted molar refractivity (Wildman–Crippen MR) is 115 cm³/mol. The van der Waals surface area contributed by atoms with Crippen LogP contribution in [0.25, 0.3) is 10.6 Å². The van der Waals surface area contributed by atoms with E-state index < -0.39 is 6.04 Å². The second-order valence-corrected chi connectivity index (χ2v) is 8.21. The minimum atomic E-state index is -0.599. The number of carbonyl (C=O) groups is 2. The summed E-state index contributed by atoms with van der Waals surface area (Å²) < 4.78 is 0. The molecule has 6 nitrogen and oxygen atoms in total. The van der Waals surface area contributed by atoms with E-state index in [0.29, 0.717) is 21.6 Å². The first-order chi connectivity index (χ1) is 13.4. The summed E-state index contributed by atoms with van der Waals surface area (Å²) in [5.41, 5.74) is 0.841. The fourth-order valence-electron chi connectivity index (χ4n) is 2.68. The van der Waals surface area contributed by atoms with E-state index in [0.717, 1.165) is 31.2 Å². The van der Waals surface area contributed by atoms with Gasteiger partial charge in [-0.3, -0.25) is 14.9 Å². The average Bonchev–Trinajstić information content (AvgIpc) is 3.14.